The highest BCUT2D eigenvalue weighted by atomic mass is 16.7. The maximum absolute atomic E-state index is 10.9. The summed E-state index contributed by atoms with van der Waals surface area (Å²) in [7, 11) is 0. The van der Waals surface area contributed by atoms with Crippen molar-refractivity contribution in [2.24, 2.45) is 0 Å². The molecule has 0 saturated carbocycles. The molecule has 2 heterocycles. The first-order chi connectivity index (χ1) is 10.2. The van der Waals surface area contributed by atoms with Gasteiger partial charge < -0.3 is 19.5 Å². The minimum Gasteiger partial charge on any atom is -0.465 e. The van der Waals surface area contributed by atoms with Gasteiger partial charge >= 0.3 is 6.09 Å². The Hall–Kier alpha value is -1.67. The van der Waals surface area contributed by atoms with Crippen LogP contribution >= 0.6 is 0 Å². The average molecular weight is 298 g/mol. The SMILES string of the molecule is CCOC(OCC)c1cn(C2CCN(C(=O)O)CC2)nn1. The molecule has 1 fully saturated rings. The topological polar surface area (TPSA) is 89.7 Å². The van der Waals surface area contributed by atoms with Crippen molar-refractivity contribution in [2.45, 2.75) is 39.0 Å². The third-order valence-corrected chi connectivity index (χ3v) is 3.51. The summed E-state index contributed by atoms with van der Waals surface area (Å²) in [4.78, 5) is 12.3. The Morgan fingerprint density at radius 3 is 2.52 bits per heavy atom. The Morgan fingerprint density at radius 1 is 1.38 bits per heavy atom. The number of aromatic nitrogens is 3. The normalized spacial score (nSPS) is 16.6. The Morgan fingerprint density at radius 2 is 2.00 bits per heavy atom. The van der Waals surface area contributed by atoms with Crippen LogP contribution in [0.5, 0.6) is 0 Å². The van der Waals surface area contributed by atoms with Gasteiger partial charge in [0.1, 0.15) is 5.69 Å². The van der Waals surface area contributed by atoms with Crippen LogP contribution in [0.4, 0.5) is 4.79 Å². The Balaban J connectivity index is 1.98. The minimum atomic E-state index is -0.861. The highest BCUT2D eigenvalue weighted by molar-refractivity contribution is 5.64. The molecule has 2 rings (SSSR count). The van der Waals surface area contributed by atoms with Gasteiger partial charge in [-0.1, -0.05) is 5.21 Å². The van der Waals surface area contributed by atoms with Crippen LogP contribution in [0.25, 0.3) is 0 Å². The highest BCUT2D eigenvalue weighted by Gasteiger charge is 2.25. The summed E-state index contributed by atoms with van der Waals surface area (Å²) >= 11 is 0. The van der Waals surface area contributed by atoms with Gasteiger partial charge in [0, 0.05) is 26.3 Å². The van der Waals surface area contributed by atoms with Gasteiger partial charge in [-0.3, -0.25) is 0 Å². The van der Waals surface area contributed by atoms with E-state index >= 15 is 0 Å². The van der Waals surface area contributed by atoms with Crippen molar-refractivity contribution < 1.29 is 19.4 Å². The Bertz CT molecular complexity index is 451. The van der Waals surface area contributed by atoms with Gasteiger partial charge in [-0.2, -0.15) is 0 Å². The second-order valence-corrected chi connectivity index (χ2v) is 4.87. The number of hydrogen-bond donors (Lipinski definition) is 1. The fraction of sp³-hybridized carbons (Fsp3) is 0.769. The summed E-state index contributed by atoms with van der Waals surface area (Å²) < 4.78 is 12.8. The summed E-state index contributed by atoms with van der Waals surface area (Å²) in [5.74, 6) is 0. The van der Waals surface area contributed by atoms with Crippen molar-refractivity contribution in [1.82, 2.24) is 19.9 Å². The van der Waals surface area contributed by atoms with Crippen LogP contribution in [0.3, 0.4) is 0 Å². The fourth-order valence-electron chi connectivity index (χ4n) is 2.42. The van der Waals surface area contributed by atoms with Gasteiger partial charge in [-0.15, -0.1) is 5.10 Å². The van der Waals surface area contributed by atoms with E-state index in [1.165, 1.54) is 4.90 Å². The molecule has 0 radical (unpaired) electrons. The molecule has 1 aromatic rings. The molecule has 21 heavy (non-hydrogen) atoms. The van der Waals surface area contributed by atoms with Crippen LogP contribution in [0, 0.1) is 0 Å². The van der Waals surface area contributed by atoms with Gasteiger partial charge in [-0.05, 0) is 26.7 Å². The van der Waals surface area contributed by atoms with Crippen LogP contribution < -0.4 is 0 Å². The number of rotatable bonds is 6. The first kappa shape index (κ1) is 15.7. The van der Waals surface area contributed by atoms with E-state index in [2.05, 4.69) is 10.3 Å². The summed E-state index contributed by atoms with van der Waals surface area (Å²) in [6, 6.07) is 0.172. The summed E-state index contributed by atoms with van der Waals surface area (Å²) in [6.45, 7) is 5.92. The molecule has 118 valence electrons. The van der Waals surface area contributed by atoms with Crippen LogP contribution in [0.15, 0.2) is 6.20 Å². The van der Waals surface area contributed by atoms with Crippen LogP contribution in [0.2, 0.25) is 0 Å². The lowest BCUT2D eigenvalue weighted by Crippen LogP contribution is -2.38. The molecule has 8 heteroatoms. The zero-order chi connectivity index (χ0) is 15.2. The molecular formula is C13H22N4O4. The molecule has 1 N–H and O–H groups in total. The maximum Gasteiger partial charge on any atom is 0.407 e. The average Bonchev–Trinajstić information content (AvgIpc) is 2.97. The lowest BCUT2D eigenvalue weighted by Gasteiger charge is -2.29. The van der Waals surface area contributed by atoms with Gasteiger partial charge in [0.2, 0.25) is 6.29 Å². The predicted molar refractivity (Wildman–Crippen MR) is 73.9 cm³/mol. The molecule has 8 nitrogen and oxygen atoms in total. The third-order valence-electron chi connectivity index (χ3n) is 3.51. The number of carboxylic acid groups (broad SMARTS) is 1. The first-order valence-corrected chi connectivity index (χ1v) is 7.28. The lowest BCUT2D eigenvalue weighted by molar-refractivity contribution is -0.142. The maximum atomic E-state index is 10.9. The van der Waals surface area contributed by atoms with E-state index in [-0.39, 0.29) is 6.04 Å². The monoisotopic (exact) mass is 298 g/mol. The molecule has 0 unspecified atom stereocenters. The van der Waals surface area contributed by atoms with Crippen molar-refractivity contribution in [1.29, 1.82) is 0 Å². The van der Waals surface area contributed by atoms with Crippen LogP contribution in [-0.4, -0.2) is 57.4 Å². The summed E-state index contributed by atoms with van der Waals surface area (Å²) in [5, 5.41) is 17.2. The van der Waals surface area contributed by atoms with Crippen LogP contribution in [0.1, 0.15) is 44.7 Å². The zero-order valence-electron chi connectivity index (χ0n) is 12.4. The van der Waals surface area contributed by atoms with E-state index in [1.54, 1.807) is 4.68 Å². The standard InChI is InChI=1S/C13H22N4O4/c1-3-20-12(21-4-2)11-9-17(15-14-11)10-5-7-16(8-6-10)13(18)19/h9-10,12H,3-8H2,1-2H3,(H,18,19). The number of nitrogens with zero attached hydrogens (tertiary/aromatic N) is 4. The zero-order valence-corrected chi connectivity index (χ0v) is 12.4. The molecule has 0 spiro atoms. The highest BCUT2D eigenvalue weighted by Crippen LogP contribution is 2.23. The van der Waals surface area contributed by atoms with Crippen molar-refractivity contribution in [2.75, 3.05) is 26.3 Å². The largest absolute Gasteiger partial charge is 0.465 e. The number of amides is 1. The quantitative estimate of drug-likeness (QED) is 0.803. The van der Waals surface area contributed by atoms with E-state index in [4.69, 9.17) is 14.6 Å². The van der Waals surface area contributed by atoms with Crippen LogP contribution in [-0.2, 0) is 9.47 Å². The number of likely N-dealkylation sites (tertiary alicyclic amines) is 1. The van der Waals surface area contributed by atoms with Crippen molar-refractivity contribution in [3.05, 3.63) is 11.9 Å². The molecule has 0 aliphatic carbocycles. The van der Waals surface area contributed by atoms with E-state index in [1.807, 2.05) is 20.0 Å². The summed E-state index contributed by atoms with van der Waals surface area (Å²) in [6.07, 6.45) is 1.96. The number of ether oxygens (including phenoxy) is 2. The minimum absolute atomic E-state index is 0.172. The Kier molecular flexibility index (Phi) is 5.51. The molecule has 1 aliphatic heterocycles. The number of carbonyl (C=O) groups is 1. The van der Waals surface area contributed by atoms with Crippen molar-refractivity contribution in [3.63, 3.8) is 0 Å². The second kappa shape index (κ2) is 7.37. The molecular weight excluding hydrogens is 276 g/mol. The van der Waals surface area contributed by atoms with E-state index < -0.39 is 12.4 Å². The number of hydrogen-bond acceptors (Lipinski definition) is 5. The van der Waals surface area contributed by atoms with Crippen molar-refractivity contribution in [3.8, 4) is 0 Å². The lowest BCUT2D eigenvalue weighted by atomic mass is 10.1. The van der Waals surface area contributed by atoms with Gasteiger partial charge in [0.25, 0.3) is 0 Å². The molecule has 1 amide bonds. The molecule has 0 aromatic carbocycles. The fourth-order valence-corrected chi connectivity index (χ4v) is 2.42. The van der Waals surface area contributed by atoms with E-state index in [9.17, 15) is 4.79 Å². The molecule has 0 atom stereocenters. The first-order valence-electron chi connectivity index (χ1n) is 7.28. The predicted octanol–water partition coefficient (Wildman–Crippen LogP) is 1.66. The van der Waals surface area contributed by atoms with Crippen molar-refractivity contribution >= 4 is 6.09 Å². The molecule has 1 saturated heterocycles. The molecule has 1 aliphatic rings. The molecule has 0 bridgehead atoms. The van der Waals surface area contributed by atoms with E-state index in [0.29, 0.717) is 32.0 Å². The van der Waals surface area contributed by atoms with E-state index in [0.717, 1.165) is 12.8 Å². The number of piperidine rings is 1. The van der Waals surface area contributed by atoms with Gasteiger partial charge in [-0.25, -0.2) is 9.48 Å². The third kappa shape index (κ3) is 3.92. The van der Waals surface area contributed by atoms with Gasteiger partial charge in [0.05, 0.1) is 12.2 Å². The van der Waals surface area contributed by atoms with Gasteiger partial charge in [0.15, 0.2) is 0 Å². The second-order valence-electron chi connectivity index (χ2n) is 4.87. The summed E-state index contributed by atoms with van der Waals surface area (Å²) in [5.41, 5.74) is 0.652. The molecule has 1 aromatic heterocycles. The Labute approximate surface area is 123 Å². The smallest absolute Gasteiger partial charge is 0.407 e.